The van der Waals surface area contributed by atoms with Crippen LogP contribution in [0.5, 0.6) is 0 Å². The predicted octanol–water partition coefficient (Wildman–Crippen LogP) is 3.13. The molecule has 1 aromatic rings. The lowest BCUT2D eigenvalue weighted by Gasteiger charge is -2.09. The normalized spacial score (nSPS) is 10.7. The maximum Gasteiger partial charge on any atom is 0.310 e. The summed E-state index contributed by atoms with van der Waals surface area (Å²) in [4.78, 5) is 14.7. The standard InChI is InChI=1S/C10H9Cl2F2NO2/c1-17-8(16)3-5-2-6(10(13)14)15-7(4-11)9(5)12/h2,10H,3-4H2,1H3. The molecule has 0 unspecified atom stereocenters. The van der Waals surface area contributed by atoms with E-state index in [2.05, 4.69) is 9.72 Å². The van der Waals surface area contributed by atoms with E-state index < -0.39 is 18.1 Å². The highest BCUT2D eigenvalue weighted by Crippen LogP contribution is 2.27. The summed E-state index contributed by atoms with van der Waals surface area (Å²) in [5, 5.41) is 0.120. The third-order valence-electron chi connectivity index (χ3n) is 2.03. The second-order valence-electron chi connectivity index (χ2n) is 3.15. The molecule has 1 heterocycles. The number of aromatic nitrogens is 1. The van der Waals surface area contributed by atoms with Crippen molar-refractivity contribution in [3.05, 3.63) is 28.0 Å². The Balaban J connectivity index is 3.17. The summed E-state index contributed by atoms with van der Waals surface area (Å²) in [5.41, 5.74) is -0.0894. The molecule has 0 spiro atoms. The second-order valence-corrected chi connectivity index (χ2v) is 3.80. The van der Waals surface area contributed by atoms with E-state index in [1.165, 1.54) is 7.11 Å². The summed E-state index contributed by atoms with van der Waals surface area (Å²) in [6.45, 7) is 0. The molecule has 0 saturated heterocycles. The number of pyridine rings is 1. The highest BCUT2D eigenvalue weighted by molar-refractivity contribution is 6.33. The summed E-state index contributed by atoms with van der Waals surface area (Å²) in [6.07, 6.45) is -2.94. The van der Waals surface area contributed by atoms with E-state index in [1.807, 2.05) is 0 Å². The number of ether oxygens (including phenoxy) is 1. The Morgan fingerprint density at radius 2 is 2.24 bits per heavy atom. The van der Waals surface area contributed by atoms with E-state index in [9.17, 15) is 13.6 Å². The lowest BCUT2D eigenvalue weighted by atomic mass is 10.1. The summed E-state index contributed by atoms with van der Waals surface area (Å²) >= 11 is 11.4. The number of hydrogen-bond acceptors (Lipinski definition) is 3. The fourth-order valence-corrected chi connectivity index (χ4v) is 1.71. The number of halogens is 4. The number of carbonyl (C=O) groups excluding carboxylic acids is 1. The topological polar surface area (TPSA) is 39.2 Å². The minimum absolute atomic E-state index is 0.104. The van der Waals surface area contributed by atoms with Gasteiger partial charge in [0.2, 0.25) is 0 Å². The maximum atomic E-state index is 12.5. The van der Waals surface area contributed by atoms with Crippen molar-refractivity contribution >= 4 is 29.2 Å². The minimum Gasteiger partial charge on any atom is -0.469 e. The van der Waals surface area contributed by atoms with Gasteiger partial charge in [0.25, 0.3) is 6.43 Å². The van der Waals surface area contributed by atoms with Gasteiger partial charge in [0.05, 0.1) is 30.1 Å². The average Bonchev–Trinajstić information content (AvgIpc) is 2.31. The van der Waals surface area contributed by atoms with Gasteiger partial charge in [0.1, 0.15) is 5.69 Å². The van der Waals surface area contributed by atoms with Crippen LogP contribution in [0.25, 0.3) is 0 Å². The van der Waals surface area contributed by atoms with E-state index in [0.29, 0.717) is 0 Å². The number of esters is 1. The molecule has 0 atom stereocenters. The molecule has 0 aliphatic heterocycles. The van der Waals surface area contributed by atoms with Crippen molar-refractivity contribution in [3.8, 4) is 0 Å². The van der Waals surface area contributed by atoms with E-state index in [4.69, 9.17) is 23.2 Å². The van der Waals surface area contributed by atoms with E-state index in [0.717, 1.165) is 6.07 Å². The highest BCUT2D eigenvalue weighted by atomic mass is 35.5. The van der Waals surface area contributed by atoms with E-state index in [1.54, 1.807) is 0 Å². The van der Waals surface area contributed by atoms with E-state index in [-0.39, 0.29) is 28.6 Å². The van der Waals surface area contributed by atoms with Crippen molar-refractivity contribution in [1.29, 1.82) is 0 Å². The molecule has 0 N–H and O–H groups in total. The van der Waals surface area contributed by atoms with Gasteiger partial charge in [-0.1, -0.05) is 11.6 Å². The monoisotopic (exact) mass is 283 g/mol. The molecule has 3 nitrogen and oxygen atoms in total. The lowest BCUT2D eigenvalue weighted by molar-refractivity contribution is -0.139. The zero-order valence-corrected chi connectivity index (χ0v) is 10.4. The highest BCUT2D eigenvalue weighted by Gasteiger charge is 2.17. The average molecular weight is 284 g/mol. The summed E-state index contributed by atoms with van der Waals surface area (Å²) < 4.78 is 29.5. The fraction of sp³-hybridized carbons (Fsp3) is 0.400. The molecule has 1 aromatic heterocycles. The number of alkyl halides is 3. The van der Waals surface area contributed by atoms with Crippen molar-refractivity contribution in [2.75, 3.05) is 7.11 Å². The second kappa shape index (κ2) is 6.12. The van der Waals surface area contributed by atoms with Crippen LogP contribution in [0.4, 0.5) is 8.78 Å². The molecule has 0 aliphatic carbocycles. The molecule has 0 aliphatic rings. The van der Waals surface area contributed by atoms with Gasteiger partial charge in [-0.25, -0.2) is 13.8 Å². The number of nitrogens with zero attached hydrogens (tertiary/aromatic N) is 1. The largest absolute Gasteiger partial charge is 0.469 e. The molecule has 0 aromatic carbocycles. The molecule has 0 amide bonds. The first-order valence-electron chi connectivity index (χ1n) is 4.58. The molecule has 0 radical (unpaired) electrons. The zero-order valence-electron chi connectivity index (χ0n) is 8.84. The SMILES string of the molecule is COC(=O)Cc1cc(C(F)F)nc(CCl)c1Cl. The zero-order chi connectivity index (χ0) is 13.0. The number of carbonyl (C=O) groups is 1. The molecular formula is C10H9Cl2F2NO2. The van der Waals surface area contributed by atoms with Crippen molar-refractivity contribution in [1.82, 2.24) is 4.98 Å². The molecule has 0 bridgehead atoms. The number of rotatable bonds is 4. The summed E-state index contributed by atoms with van der Waals surface area (Å²) in [6, 6.07) is 1.08. The van der Waals surface area contributed by atoms with Gasteiger partial charge < -0.3 is 4.74 Å². The predicted molar refractivity (Wildman–Crippen MR) is 59.5 cm³/mol. The van der Waals surface area contributed by atoms with Crippen molar-refractivity contribution in [2.24, 2.45) is 0 Å². The first-order valence-corrected chi connectivity index (χ1v) is 5.50. The van der Waals surface area contributed by atoms with Crippen LogP contribution in [0.2, 0.25) is 5.02 Å². The van der Waals surface area contributed by atoms with Gasteiger partial charge in [-0.3, -0.25) is 4.79 Å². The van der Waals surface area contributed by atoms with Crippen LogP contribution in [-0.2, 0) is 21.8 Å². The van der Waals surface area contributed by atoms with Crippen LogP contribution in [0.3, 0.4) is 0 Å². The number of methoxy groups -OCH3 is 1. The van der Waals surface area contributed by atoms with Crippen LogP contribution in [0.1, 0.15) is 23.4 Å². The smallest absolute Gasteiger partial charge is 0.310 e. The van der Waals surface area contributed by atoms with Gasteiger partial charge >= 0.3 is 5.97 Å². The summed E-state index contributed by atoms with van der Waals surface area (Å²) in [7, 11) is 1.20. The number of hydrogen-bond donors (Lipinski definition) is 0. The molecule has 7 heteroatoms. The Labute approximate surface area is 107 Å². The molecule has 1 rings (SSSR count). The third-order valence-corrected chi connectivity index (χ3v) is 2.75. The third kappa shape index (κ3) is 3.51. The van der Waals surface area contributed by atoms with Gasteiger partial charge in [-0.15, -0.1) is 11.6 Å². The van der Waals surface area contributed by atoms with Crippen LogP contribution in [0.15, 0.2) is 6.07 Å². The fourth-order valence-electron chi connectivity index (χ4n) is 1.22. The van der Waals surface area contributed by atoms with Gasteiger partial charge in [0.15, 0.2) is 0 Å². The van der Waals surface area contributed by atoms with Crippen LogP contribution in [-0.4, -0.2) is 18.1 Å². The minimum atomic E-state index is -2.74. The molecule has 0 saturated carbocycles. The van der Waals surface area contributed by atoms with Gasteiger partial charge in [-0.2, -0.15) is 0 Å². The Morgan fingerprint density at radius 3 is 2.71 bits per heavy atom. The van der Waals surface area contributed by atoms with Crippen LogP contribution < -0.4 is 0 Å². The van der Waals surface area contributed by atoms with Gasteiger partial charge in [0, 0.05) is 0 Å². The Hall–Kier alpha value is -0.940. The van der Waals surface area contributed by atoms with Crippen molar-refractivity contribution in [3.63, 3.8) is 0 Å². The molecule has 17 heavy (non-hydrogen) atoms. The first-order chi connectivity index (χ1) is 7.99. The Morgan fingerprint density at radius 1 is 1.59 bits per heavy atom. The lowest BCUT2D eigenvalue weighted by Crippen LogP contribution is -2.08. The van der Waals surface area contributed by atoms with Crippen LogP contribution in [0, 0.1) is 0 Å². The first kappa shape index (κ1) is 14.1. The molecular weight excluding hydrogens is 275 g/mol. The van der Waals surface area contributed by atoms with Crippen molar-refractivity contribution in [2.45, 2.75) is 18.7 Å². The Bertz CT molecular complexity index is 427. The van der Waals surface area contributed by atoms with Gasteiger partial charge in [-0.05, 0) is 11.6 Å². The van der Waals surface area contributed by atoms with Crippen molar-refractivity contribution < 1.29 is 18.3 Å². The summed E-state index contributed by atoms with van der Waals surface area (Å²) in [5.74, 6) is -0.674. The maximum absolute atomic E-state index is 12.5. The molecule has 0 fully saturated rings. The quantitative estimate of drug-likeness (QED) is 0.630. The van der Waals surface area contributed by atoms with E-state index >= 15 is 0 Å². The Kier molecular flexibility index (Phi) is 5.08. The molecule has 94 valence electrons. The van der Waals surface area contributed by atoms with Crippen LogP contribution >= 0.6 is 23.2 Å².